The van der Waals surface area contributed by atoms with Gasteiger partial charge in [0.25, 0.3) is 0 Å². The number of carboxylic acid groups (broad SMARTS) is 1. The van der Waals surface area contributed by atoms with Gasteiger partial charge in [0.15, 0.2) is 0 Å². The van der Waals surface area contributed by atoms with Gasteiger partial charge < -0.3 is 20.6 Å². The van der Waals surface area contributed by atoms with Crippen LogP contribution in [0.2, 0.25) is 0 Å². The first kappa shape index (κ1) is 18.7. The molecule has 6 heteroatoms. The van der Waals surface area contributed by atoms with Gasteiger partial charge in [-0.25, -0.2) is 4.79 Å². The van der Waals surface area contributed by atoms with E-state index >= 15 is 0 Å². The lowest BCUT2D eigenvalue weighted by atomic mass is 10.0. The number of unbranched alkanes of at least 4 members (excludes halogenated alkanes) is 1. The first-order chi connectivity index (χ1) is 9.41. The van der Waals surface area contributed by atoms with E-state index in [0.29, 0.717) is 25.4 Å². The van der Waals surface area contributed by atoms with Gasteiger partial charge in [-0.3, -0.25) is 4.79 Å². The Balaban J connectivity index is 3.42. The summed E-state index contributed by atoms with van der Waals surface area (Å²) in [7, 11) is 4.07. The first-order valence-corrected chi connectivity index (χ1v) is 7.30. The molecule has 0 aromatic rings. The van der Waals surface area contributed by atoms with Crippen molar-refractivity contribution in [2.75, 3.05) is 33.7 Å². The normalized spacial score (nSPS) is 12.2. The first-order valence-electron chi connectivity index (χ1n) is 7.30. The van der Waals surface area contributed by atoms with Gasteiger partial charge in [0.2, 0.25) is 0 Å². The minimum atomic E-state index is -0.764. The van der Waals surface area contributed by atoms with Crippen LogP contribution in [0.5, 0.6) is 0 Å². The Morgan fingerprint density at radius 2 is 1.75 bits per heavy atom. The third-order valence-corrected chi connectivity index (χ3v) is 3.09. The number of aliphatic carboxylic acids is 1. The van der Waals surface area contributed by atoms with E-state index in [1.807, 2.05) is 21.0 Å². The summed E-state index contributed by atoms with van der Waals surface area (Å²) >= 11 is 0. The molecule has 0 aliphatic rings. The van der Waals surface area contributed by atoms with Crippen molar-refractivity contribution in [3.8, 4) is 0 Å². The Hall–Kier alpha value is -1.30. The molecule has 118 valence electrons. The third-order valence-electron chi connectivity index (χ3n) is 3.09. The lowest BCUT2D eigenvalue weighted by Gasteiger charge is -2.12. The number of urea groups is 1. The quantitative estimate of drug-likeness (QED) is 0.503. The molecule has 0 saturated carbocycles. The van der Waals surface area contributed by atoms with E-state index in [4.69, 9.17) is 5.11 Å². The van der Waals surface area contributed by atoms with Crippen LogP contribution in [0.4, 0.5) is 4.79 Å². The largest absolute Gasteiger partial charge is 0.481 e. The molecule has 0 spiro atoms. The summed E-state index contributed by atoms with van der Waals surface area (Å²) in [5, 5.41) is 14.2. The fourth-order valence-electron chi connectivity index (χ4n) is 1.76. The molecule has 1 unspecified atom stereocenters. The van der Waals surface area contributed by atoms with E-state index in [-0.39, 0.29) is 12.5 Å². The summed E-state index contributed by atoms with van der Waals surface area (Å²) in [5.41, 5.74) is 0. The number of carbonyl (C=O) groups excluding carboxylic acids is 1. The van der Waals surface area contributed by atoms with Crippen molar-refractivity contribution in [2.24, 2.45) is 5.92 Å². The van der Waals surface area contributed by atoms with Crippen LogP contribution >= 0.6 is 0 Å². The maximum absolute atomic E-state index is 11.5. The highest BCUT2D eigenvalue weighted by atomic mass is 16.4. The summed E-state index contributed by atoms with van der Waals surface area (Å²) < 4.78 is 0. The summed E-state index contributed by atoms with van der Waals surface area (Å²) in [6, 6.07) is -0.139. The molecule has 0 aliphatic heterocycles. The number of hydrogen-bond donors (Lipinski definition) is 3. The monoisotopic (exact) mass is 287 g/mol. The van der Waals surface area contributed by atoms with Crippen LogP contribution in [-0.4, -0.2) is 55.7 Å². The topological polar surface area (TPSA) is 81.7 Å². The highest BCUT2D eigenvalue weighted by Gasteiger charge is 2.06. The summed E-state index contributed by atoms with van der Waals surface area (Å²) in [6.45, 7) is 4.31. The van der Waals surface area contributed by atoms with Gasteiger partial charge in [-0.15, -0.1) is 0 Å². The molecule has 0 heterocycles. The van der Waals surface area contributed by atoms with E-state index in [0.717, 1.165) is 25.8 Å². The number of nitrogens with one attached hydrogen (secondary N) is 2. The SMILES string of the molecule is CC(CCNC(=O)NCCCCN(C)C)CCC(=O)O. The van der Waals surface area contributed by atoms with Crippen LogP contribution in [-0.2, 0) is 4.79 Å². The standard InChI is InChI=1S/C14H29N3O3/c1-12(6-7-13(18)19)8-10-16-14(20)15-9-4-5-11-17(2)3/h12H,4-11H2,1-3H3,(H,18,19)(H2,15,16,20). The minimum Gasteiger partial charge on any atom is -0.481 e. The molecule has 3 N–H and O–H groups in total. The second kappa shape index (κ2) is 11.5. The van der Waals surface area contributed by atoms with E-state index in [2.05, 4.69) is 15.5 Å². The molecule has 6 nitrogen and oxygen atoms in total. The number of hydrogen-bond acceptors (Lipinski definition) is 3. The van der Waals surface area contributed by atoms with Crippen LogP contribution in [0.25, 0.3) is 0 Å². The average molecular weight is 287 g/mol. The maximum Gasteiger partial charge on any atom is 0.314 e. The Bertz CT molecular complexity index is 283. The lowest BCUT2D eigenvalue weighted by Crippen LogP contribution is -2.37. The van der Waals surface area contributed by atoms with Gasteiger partial charge in [-0.05, 0) is 52.2 Å². The van der Waals surface area contributed by atoms with Gasteiger partial charge >= 0.3 is 12.0 Å². The smallest absolute Gasteiger partial charge is 0.314 e. The molecule has 0 aliphatic carbocycles. The zero-order valence-corrected chi connectivity index (χ0v) is 12.9. The fourth-order valence-corrected chi connectivity index (χ4v) is 1.76. The molecule has 1 atom stereocenters. The van der Waals surface area contributed by atoms with Crippen molar-refractivity contribution in [1.82, 2.24) is 15.5 Å². The van der Waals surface area contributed by atoms with Gasteiger partial charge in [0, 0.05) is 19.5 Å². The van der Waals surface area contributed by atoms with Crippen LogP contribution < -0.4 is 10.6 Å². The molecule has 20 heavy (non-hydrogen) atoms. The Kier molecular flexibility index (Phi) is 10.8. The lowest BCUT2D eigenvalue weighted by molar-refractivity contribution is -0.137. The molecular weight excluding hydrogens is 258 g/mol. The predicted octanol–water partition coefficient (Wildman–Crippen LogP) is 1.52. The molecule has 0 saturated heterocycles. The number of carbonyl (C=O) groups is 2. The van der Waals surface area contributed by atoms with Gasteiger partial charge in [-0.2, -0.15) is 0 Å². The van der Waals surface area contributed by atoms with Gasteiger partial charge in [0.1, 0.15) is 0 Å². The predicted molar refractivity (Wildman–Crippen MR) is 79.8 cm³/mol. The Morgan fingerprint density at radius 1 is 1.10 bits per heavy atom. The minimum absolute atomic E-state index is 0.139. The molecule has 2 amide bonds. The number of carboxylic acids is 1. The molecule has 0 aromatic heterocycles. The van der Waals surface area contributed by atoms with Crippen molar-refractivity contribution in [2.45, 2.75) is 39.0 Å². The van der Waals surface area contributed by atoms with Crippen LogP contribution in [0, 0.1) is 5.92 Å². The van der Waals surface area contributed by atoms with Crippen molar-refractivity contribution in [3.05, 3.63) is 0 Å². The van der Waals surface area contributed by atoms with E-state index < -0.39 is 5.97 Å². The number of rotatable bonds is 11. The second-order valence-electron chi connectivity index (χ2n) is 5.52. The summed E-state index contributed by atoms with van der Waals surface area (Å²) in [5.74, 6) is -0.452. The van der Waals surface area contributed by atoms with Crippen LogP contribution in [0.1, 0.15) is 39.0 Å². The van der Waals surface area contributed by atoms with Crippen molar-refractivity contribution in [3.63, 3.8) is 0 Å². The Morgan fingerprint density at radius 3 is 2.35 bits per heavy atom. The van der Waals surface area contributed by atoms with E-state index in [9.17, 15) is 9.59 Å². The average Bonchev–Trinajstić information content (AvgIpc) is 2.35. The van der Waals surface area contributed by atoms with Crippen LogP contribution in [0.3, 0.4) is 0 Å². The molecular formula is C14H29N3O3. The zero-order valence-electron chi connectivity index (χ0n) is 12.9. The highest BCUT2D eigenvalue weighted by Crippen LogP contribution is 2.08. The molecule has 0 rings (SSSR count). The highest BCUT2D eigenvalue weighted by molar-refractivity contribution is 5.73. The maximum atomic E-state index is 11.5. The molecule has 0 aromatic carbocycles. The zero-order chi connectivity index (χ0) is 15.4. The summed E-state index contributed by atoms with van der Waals surface area (Å²) in [4.78, 5) is 24.0. The van der Waals surface area contributed by atoms with Crippen molar-refractivity contribution in [1.29, 1.82) is 0 Å². The van der Waals surface area contributed by atoms with Crippen molar-refractivity contribution >= 4 is 12.0 Å². The summed E-state index contributed by atoms with van der Waals surface area (Å²) in [6.07, 6.45) is 3.70. The second-order valence-corrected chi connectivity index (χ2v) is 5.52. The number of amides is 2. The van der Waals surface area contributed by atoms with E-state index in [1.165, 1.54) is 0 Å². The molecule has 0 radical (unpaired) electrons. The van der Waals surface area contributed by atoms with E-state index in [1.54, 1.807) is 0 Å². The Labute approximate surface area is 121 Å². The van der Waals surface area contributed by atoms with Gasteiger partial charge in [-0.1, -0.05) is 6.92 Å². The fraction of sp³-hybridized carbons (Fsp3) is 0.857. The molecule has 0 fully saturated rings. The number of nitrogens with zero attached hydrogens (tertiary/aromatic N) is 1. The van der Waals surface area contributed by atoms with Crippen LogP contribution in [0.15, 0.2) is 0 Å². The van der Waals surface area contributed by atoms with Gasteiger partial charge in [0.05, 0.1) is 0 Å². The molecule has 0 bridgehead atoms. The van der Waals surface area contributed by atoms with Crippen molar-refractivity contribution < 1.29 is 14.7 Å². The third kappa shape index (κ3) is 13.1.